The second-order valence-corrected chi connectivity index (χ2v) is 5.60. The first-order valence-corrected chi connectivity index (χ1v) is 7.07. The Morgan fingerprint density at radius 2 is 1.80 bits per heavy atom. The van der Waals surface area contributed by atoms with Crippen molar-refractivity contribution < 1.29 is 9.18 Å². The van der Waals surface area contributed by atoms with Crippen LogP contribution in [0.4, 0.5) is 10.1 Å². The maximum Gasteiger partial charge on any atom is 0.241 e. The second-order valence-electron chi connectivity index (χ2n) is 4.78. The van der Waals surface area contributed by atoms with Gasteiger partial charge in [-0.2, -0.15) is 0 Å². The summed E-state index contributed by atoms with van der Waals surface area (Å²) in [6.07, 6.45) is 0. The van der Waals surface area contributed by atoms with Crippen molar-refractivity contribution in [2.24, 2.45) is 0 Å². The molecule has 1 aliphatic heterocycles. The number of rotatable bonds is 3. The number of likely N-dealkylation sites (N-methyl/N-ethyl adjacent to an activating group) is 1. The van der Waals surface area contributed by atoms with Crippen molar-refractivity contribution in [3.8, 4) is 0 Å². The molecule has 110 valence electrons. The fourth-order valence-electron chi connectivity index (χ4n) is 2.04. The van der Waals surface area contributed by atoms with Crippen LogP contribution in [0.25, 0.3) is 0 Å². The molecule has 20 heavy (non-hydrogen) atoms. The third kappa shape index (κ3) is 3.75. The zero-order valence-electron chi connectivity index (χ0n) is 11.1. The molecule has 1 saturated heterocycles. The summed E-state index contributed by atoms with van der Waals surface area (Å²) in [4.78, 5) is 16.0. The van der Waals surface area contributed by atoms with Crippen LogP contribution in [0.15, 0.2) is 12.1 Å². The van der Waals surface area contributed by atoms with Gasteiger partial charge in [0, 0.05) is 26.2 Å². The quantitative estimate of drug-likeness (QED) is 0.928. The van der Waals surface area contributed by atoms with E-state index >= 15 is 0 Å². The van der Waals surface area contributed by atoms with Crippen molar-refractivity contribution in [3.63, 3.8) is 0 Å². The molecule has 7 heteroatoms. The number of carbonyl (C=O) groups is 1. The van der Waals surface area contributed by atoms with Gasteiger partial charge in [0.2, 0.25) is 5.91 Å². The zero-order chi connectivity index (χ0) is 14.7. The third-order valence-corrected chi connectivity index (χ3v) is 3.88. The van der Waals surface area contributed by atoms with E-state index in [0.29, 0.717) is 18.8 Å². The molecular weight excluding hydrogens is 304 g/mol. The SMILES string of the molecule is CN1CCN(C(=O)CNc2c(Cl)cc(F)cc2Cl)CC1. The Hall–Kier alpha value is -1.04. The predicted octanol–water partition coefficient (Wildman–Crippen LogP) is 2.32. The molecule has 1 fully saturated rings. The summed E-state index contributed by atoms with van der Waals surface area (Å²) in [6, 6.07) is 2.33. The van der Waals surface area contributed by atoms with Crippen molar-refractivity contribution in [3.05, 3.63) is 28.0 Å². The van der Waals surface area contributed by atoms with Gasteiger partial charge in [-0.05, 0) is 19.2 Å². The summed E-state index contributed by atoms with van der Waals surface area (Å²) in [7, 11) is 2.03. The molecule has 1 aromatic rings. The number of halogens is 3. The van der Waals surface area contributed by atoms with Crippen molar-refractivity contribution in [1.29, 1.82) is 0 Å². The van der Waals surface area contributed by atoms with E-state index in [1.807, 2.05) is 7.05 Å². The minimum atomic E-state index is -0.504. The largest absolute Gasteiger partial charge is 0.374 e. The number of nitrogens with zero attached hydrogens (tertiary/aromatic N) is 2. The Morgan fingerprint density at radius 3 is 2.35 bits per heavy atom. The summed E-state index contributed by atoms with van der Waals surface area (Å²) in [5.41, 5.74) is 0.386. The molecule has 0 aliphatic carbocycles. The maximum absolute atomic E-state index is 13.1. The van der Waals surface area contributed by atoms with E-state index < -0.39 is 5.82 Å². The van der Waals surface area contributed by atoms with Gasteiger partial charge in [0.05, 0.1) is 22.3 Å². The molecule has 0 bridgehead atoms. The third-order valence-electron chi connectivity index (χ3n) is 3.28. The number of piperazine rings is 1. The Labute approximate surface area is 127 Å². The number of benzene rings is 1. The van der Waals surface area contributed by atoms with Crippen molar-refractivity contribution in [2.45, 2.75) is 0 Å². The van der Waals surface area contributed by atoms with E-state index in [1.165, 1.54) is 0 Å². The number of nitrogens with one attached hydrogen (secondary N) is 1. The van der Waals surface area contributed by atoms with E-state index in [-0.39, 0.29) is 22.5 Å². The highest BCUT2D eigenvalue weighted by atomic mass is 35.5. The van der Waals surface area contributed by atoms with E-state index in [9.17, 15) is 9.18 Å². The van der Waals surface area contributed by atoms with E-state index in [2.05, 4.69) is 10.2 Å². The van der Waals surface area contributed by atoms with Crippen molar-refractivity contribution >= 4 is 34.8 Å². The van der Waals surface area contributed by atoms with Crippen LogP contribution < -0.4 is 5.32 Å². The number of hydrogen-bond acceptors (Lipinski definition) is 3. The predicted molar refractivity (Wildman–Crippen MR) is 79.0 cm³/mol. The Balaban J connectivity index is 1.94. The number of anilines is 1. The van der Waals surface area contributed by atoms with Crippen LogP contribution in [0.3, 0.4) is 0 Å². The summed E-state index contributed by atoms with van der Waals surface area (Å²) in [6.45, 7) is 3.24. The molecule has 0 radical (unpaired) electrons. The van der Waals surface area contributed by atoms with E-state index in [4.69, 9.17) is 23.2 Å². The van der Waals surface area contributed by atoms with Crippen molar-refractivity contribution in [2.75, 3.05) is 45.1 Å². The van der Waals surface area contributed by atoms with Crippen LogP contribution in [-0.2, 0) is 4.79 Å². The smallest absolute Gasteiger partial charge is 0.241 e. The second kappa shape index (κ2) is 6.61. The van der Waals surface area contributed by atoms with Gasteiger partial charge in [0.25, 0.3) is 0 Å². The Morgan fingerprint density at radius 1 is 1.25 bits per heavy atom. The summed E-state index contributed by atoms with van der Waals surface area (Å²) < 4.78 is 13.1. The average molecular weight is 320 g/mol. The molecule has 1 heterocycles. The minimum Gasteiger partial charge on any atom is -0.374 e. The molecule has 0 spiro atoms. The molecule has 1 aromatic carbocycles. The first kappa shape index (κ1) is 15.4. The highest BCUT2D eigenvalue weighted by molar-refractivity contribution is 6.39. The van der Waals surface area contributed by atoms with E-state index in [1.54, 1.807) is 4.90 Å². The number of amides is 1. The van der Waals surface area contributed by atoms with Gasteiger partial charge in [-0.1, -0.05) is 23.2 Å². The van der Waals surface area contributed by atoms with Gasteiger partial charge < -0.3 is 15.1 Å². The van der Waals surface area contributed by atoms with Gasteiger partial charge in [-0.15, -0.1) is 0 Å². The Kier molecular flexibility index (Phi) is 5.07. The van der Waals surface area contributed by atoms with Crippen molar-refractivity contribution in [1.82, 2.24) is 9.80 Å². The van der Waals surface area contributed by atoms with Gasteiger partial charge in [-0.25, -0.2) is 4.39 Å². The first-order valence-electron chi connectivity index (χ1n) is 6.32. The first-order chi connectivity index (χ1) is 9.47. The molecule has 2 rings (SSSR count). The zero-order valence-corrected chi connectivity index (χ0v) is 12.6. The fourth-order valence-corrected chi connectivity index (χ4v) is 2.64. The monoisotopic (exact) mass is 319 g/mol. The van der Waals surface area contributed by atoms with Crippen LogP contribution in [0.5, 0.6) is 0 Å². The van der Waals surface area contributed by atoms with Gasteiger partial charge in [0.15, 0.2) is 0 Å². The molecule has 4 nitrogen and oxygen atoms in total. The van der Waals surface area contributed by atoms with Crippen LogP contribution in [0.2, 0.25) is 10.0 Å². The number of carbonyl (C=O) groups excluding carboxylic acids is 1. The lowest BCUT2D eigenvalue weighted by Gasteiger charge is -2.32. The molecule has 0 atom stereocenters. The molecule has 0 saturated carbocycles. The molecule has 1 N–H and O–H groups in total. The average Bonchev–Trinajstić information content (AvgIpc) is 2.38. The molecular formula is C13H16Cl2FN3O. The van der Waals surface area contributed by atoms with Crippen LogP contribution in [-0.4, -0.2) is 55.5 Å². The van der Waals surface area contributed by atoms with Gasteiger partial charge in [0.1, 0.15) is 5.82 Å². The topological polar surface area (TPSA) is 35.6 Å². The van der Waals surface area contributed by atoms with Gasteiger partial charge >= 0.3 is 0 Å². The minimum absolute atomic E-state index is 0.0189. The lowest BCUT2D eigenvalue weighted by molar-refractivity contribution is -0.130. The van der Waals surface area contributed by atoms with Crippen LogP contribution in [0.1, 0.15) is 0 Å². The lowest BCUT2D eigenvalue weighted by Crippen LogP contribution is -2.48. The lowest BCUT2D eigenvalue weighted by atomic mass is 10.3. The number of hydrogen-bond donors (Lipinski definition) is 1. The molecule has 1 aliphatic rings. The Bertz CT molecular complexity index is 481. The fraction of sp³-hybridized carbons (Fsp3) is 0.462. The summed E-state index contributed by atoms with van der Waals surface area (Å²) in [5.74, 6) is -0.523. The summed E-state index contributed by atoms with van der Waals surface area (Å²) in [5, 5.41) is 3.22. The summed E-state index contributed by atoms with van der Waals surface area (Å²) >= 11 is 11.8. The molecule has 1 amide bonds. The van der Waals surface area contributed by atoms with Crippen LogP contribution in [0, 0.1) is 5.82 Å². The normalized spacial score (nSPS) is 16.3. The molecule has 0 aromatic heterocycles. The highest BCUT2D eigenvalue weighted by Crippen LogP contribution is 2.31. The molecule has 0 unspecified atom stereocenters. The van der Waals surface area contributed by atoms with E-state index in [0.717, 1.165) is 25.2 Å². The van der Waals surface area contributed by atoms with Gasteiger partial charge in [-0.3, -0.25) is 4.79 Å². The van der Waals surface area contributed by atoms with Crippen LogP contribution >= 0.6 is 23.2 Å². The maximum atomic E-state index is 13.1. The standard InChI is InChI=1S/C13H16Cl2FN3O/c1-18-2-4-19(5-3-18)12(20)8-17-13-10(14)6-9(16)7-11(13)15/h6-7,17H,2-5,8H2,1H3. The highest BCUT2D eigenvalue weighted by Gasteiger charge is 2.19.